The number of amides is 2. The highest BCUT2D eigenvalue weighted by molar-refractivity contribution is 5.90. The highest BCUT2D eigenvalue weighted by Gasteiger charge is 2.32. The number of fused-ring (bicyclic) bond motifs is 1. The van der Waals surface area contributed by atoms with Crippen LogP contribution in [0.3, 0.4) is 0 Å². The maximum absolute atomic E-state index is 13.1. The van der Waals surface area contributed by atoms with E-state index in [1.807, 2.05) is 54.3 Å². The van der Waals surface area contributed by atoms with Crippen molar-refractivity contribution in [3.63, 3.8) is 0 Å². The van der Waals surface area contributed by atoms with Gasteiger partial charge in [-0.15, -0.1) is 0 Å². The number of anilines is 1. The number of carbonyl (C=O) groups is 1. The molecule has 6 nitrogen and oxygen atoms in total. The van der Waals surface area contributed by atoms with Crippen LogP contribution in [0.5, 0.6) is 5.75 Å². The minimum absolute atomic E-state index is 0.117. The number of nitrogens with zero attached hydrogens (tertiary/aromatic N) is 3. The Morgan fingerprint density at radius 3 is 2.67 bits per heavy atom. The van der Waals surface area contributed by atoms with Crippen LogP contribution in [0, 0.1) is 0 Å². The molecule has 0 saturated heterocycles. The third kappa shape index (κ3) is 3.51. The van der Waals surface area contributed by atoms with E-state index >= 15 is 0 Å². The number of ether oxygens (including phenoxy) is 1. The van der Waals surface area contributed by atoms with Crippen LogP contribution in [0.4, 0.5) is 10.5 Å². The molecule has 1 N–H and O–H groups in total. The highest BCUT2D eigenvalue weighted by atomic mass is 16.5. The monoisotopic (exact) mass is 362 g/mol. The van der Waals surface area contributed by atoms with Gasteiger partial charge in [-0.2, -0.15) is 0 Å². The molecule has 0 saturated carbocycles. The van der Waals surface area contributed by atoms with Crippen LogP contribution in [-0.4, -0.2) is 33.6 Å². The summed E-state index contributed by atoms with van der Waals surface area (Å²) >= 11 is 0. The van der Waals surface area contributed by atoms with E-state index in [1.54, 1.807) is 12.4 Å². The van der Waals surface area contributed by atoms with Crippen LogP contribution in [0.2, 0.25) is 0 Å². The summed E-state index contributed by atoms with van der Waals surface area (Å²) in [5.74, 6) is 0.793. The maximum Gasteiger partial charge on any atom is 0.322 e. The number of pyridine rings is 1. The molecular weight excluding hydrogens is 340 g/mol. The summed E-state index contributed by atoms with van der Waals surface area (Å²) in [5.41, 5.74) is 2.90. The molecule has 0 bridgehead atoms. The molecule has 1 unspecified atom stereocenters. The fourth-order valence-electron chi connectivity index (χ4n) is 3.50. The second-order valence-corrected chi connectivity index (χ2v) is 6.39. The fourth-order valence-corrected chi connectivity index (χ4v) is 3.50. The van der Waals surface area contributed by atoms with Gasteiger partial charge in [-0.3, -0.25) is 4.98 Å². The Morgan fingerprint density at radius 2 is 1.93 bits per heavy atom. The lowest BCUT2D eigenvalue weighted by Crippen LogP contribution is -2.44. The molecule has 138 valence electrons. The SMILES string of the molecule is CCOc1ccc(NC(=O)N2CCn3cccc3C2c2ccncc2)cc1. The largest absolute Gasteiger partial charge is 0.494 e. The zero-order chi connectivity index (χ0) is 18.6. The van der Waals surface area contributed by atoms with Gasteiger partial charge in [0.2, 0.25) is 0 Å². The van der Waals surface area contributed by atoms with Gasteiger partial charge in [0, 0.05) is 43.1 Å². The fraction of sp³-hybridized carbons (Fsp3) is 0.238. The molecule has 0 aliphatic carbocycles. The van der Waals surface area contributed by atoms with E-state index < -0.39 is 0 Å². The van der Waals surface area contributed by atoms with E-state index in [2.05, 4.69) is 27.1 Å². The predicted molar refractivity (Wildman–Crippen MR) is 104 cm³/mol. The predicted octanol–water partition coefficient (Wildman–Crippen LogP) is 3.92. The first-order valence-electron chi connectivity index (χ1n) is 9.11. The van der Waals surface area contributed by atoms with Crippen LogP contribution in [0.25, 0.3) is 0 Å². The van der Waals surface area contributed by atoms with Crippen molar-refractivity contribution in [3.05, 3.63) is 78.4 Å². The van der Waals surface area contributed by atoms with Crippen LogP contribution in [0.15, 0.2) is 67.1 Å². The van der Waals surface area contributed by atoms with Gasteiger partial charge in [0.05, 0.1) is 12.6 Å². The Labute approximate surface area is 158 Å². The molecule has 3 aromatic rings. The van der Waals surface area contributed by atoms with E-state index in [0.717, 1.165) is 29.2 Å². The third-order valence-electron chi connectivity index (χ3n) is 4.74. The zero-order valence-electron chi connectivity index (χ0n) is 15.2. The molecule has 4 rings (SSSR count). The lowest BCUT2D eigenvalue weighted by atomic mass is 10.0. The molecule has 2 amide bonds. The van der Waals surface area contributed by atoms with Crippen molar-refractivity contribution in [2.45, 2.75) is 19.5 Å². The van der Waals surface area contributed by atoms with E-state index in [1.165, 1.54) is 0 Å². The summed E-state index contributed by atoms with van der Waals surface area (Å²) in [7, 11) is 0. The number of hydrogen-bond donors (Lipinski definition) is 1. The van der Waals surface area contributed by atoms with Gasteiger partial charge in [0.15, 0.2) is 0 Å². The molecule has 0 spiro atoms. The van der Waals surface area contributed by atoms with Crippen molar-refractivity contribution in [3.8, 4) is 5.75 Å². The van der Waals surface area contributed by atoms with Crippen molar-refractivity contribution in [1.29, 1.82) is 0 Å². The number of carbonyl (C=O) groups excluding carboxylic acids is 1. The molecule has 27 heavy (non-hydrogen) atoms. The average molecular weight is 362 g/mol. The zero-order valence-corrected chi connectivity index (χ0v) is 15.2. The molecule has 1 aliphatic heterocycles. The summed E-state index contributed by atoms with van der Waals surface area (Å²) in [6.07, 6.45) is 5.59. The smallest absolute Gasteiger partial charge is 0.322 e. The lowest BCUT2D eigenvalue weighted by Gasteiger charge is -2.37. The van der Waals surface area contributed by atoms with Gasteiger partial charge in [-0.05, 0) is 61.0 Å². The van der Waals surface area contributed by atoms with Gasteiger partial charge >= 0.3 is 6.03 Å². The van der Waals surface area contributed by atoms with Crippen LogP contribution in [0.1, 0.15) is 24.2 Å². The van der Waals surface area contributed by atoms with Crippen molar-refractivity contribution < 1.29 is 9.53 Å². The summed E-state index contributed by atoms with van der Waals surface area (Å²) in [6, 6.07) is 15.2. The second-order valence-electron chi connectivity index (χ2n) is 6.39. The van der Waals surface area contributed by atoms with E-state index in [4.69, 9.17) is 4.74 Å². The summed E-state index contributed by atoms with van der Waals surface area (Å²) in [6.45, 7) is 3.98. The number of hydrogen-bond acceptors (Lipinski definition) is 3. The number of nitrogens with one attached hydrogen (secondary N) is 1. The molecular formula is C21H22N4O2. The van der Waals surface area contributed by atoms with Crippen LogP contribution in [-0.2, 0) is 6.54 Å². The van der Waals surface area contributed by atoms with Gasteiger partial charge in [0.1, 0.15) is 5.75 Å². The molecule has 6 heteroatoms. The summed E-state index contributed by atoms with van der Waals surface area (Å²) in [5, 5.41) is 3.01. The Kier molecular flexibility index (Phi) is 4.78. The lowest BCUT2D eigenvalue weighted by molar-refractivity contribution is 0.182. The van der Waals surface area contributed by atoms with E-state index in [-0.39, 0.29) is 12.1 Å². The molecule has 1 aromatic carbocycles. The number of benzene rings is 1. The first kappa shape index (κ1) is 17.1. The third-order valence-corrected chi connectivity index (χ3v) is 4.74. The maximum atomic E-state index is 13.1. The molecule has 3 heterocycles. The Morgan fingerprint density at radius 1 is 1.15 bits per heavy atom. The Bertz CT molecular complexity index is 905. The highest BCUT2D eigenvalue weighted by Crippen LogP contribution is 2.32. The normalized spacial score (nSPS) is 15.9. The van der Waals surface area contributed by atoms with Gasteiger partial charge < -0.3 is 19.5 Å². The van der Waals surface area contributed by atoms with Crippen molar-refractivity contribution in [2.24, 2.45) is 0 Å². The average Bonchev–Trinajstić information content (AvgIpc) is 3.18. The molecule has 2 aromatic heterocycles. The van der Waals surface area contributed by atoms with Gasteiger partial charge in [-0.1, -0.05) is 0 Å². The number of urea groups is 1. The molecule has 0 fully saturated rings. The quantitative estimate of drug-likeness (QED) is 0.765. The molecule has 1 aliphatic rings. The second kappa shape index (κ2) is 7.53. The van der Waals surface area contributed by atoms with Crippen molar-refractivity contribution in [1.82, 2.24) is 14.5 Å². The molecule has 1 atom stereocenters. The van der Waals surface area contributed by atoms with Gasteiger partial charge in [0.25, 0.3) is 0 Å². The van der Waals surface area contributed by atoms with Crippen LogP contribution < -0.4 is 10.1 Å². The first-order valence-corrected chi connectivity index (χ1v) is 9.11. The number of aromatic nitrogens is 2. The summed E-state index contributed by atoms with van der Waals surface area (Å²) < 4.78 is 7.66. The van der Waals surface area contributed by atoms with E-state index in [0.29, 0.717) is 13.2 Å². The Balaban J connectivity index is 1.58. The number of rotatable bonds is 4. The summed E-state index contributed by atoms with van der Waals surface area (Å²) in [4.78, 5) is 19.0. The van der Waals surface area contributed by atoms with Crippen molar-refractivity contribution >= 4 is 11.7 Å². The molecule has 0 radical (unpaired) electrons. The van der Waals surface area contributed by atoms with Gasteiger partial charge in [-0.25, -0.2) is 4.79 Å². The minimum atomic E-state index is -0.139. The van der Waals surface area contributed by atoms with Crippen LogP contribution >= 0.6 is 0 Å². The Hall–Kier alpha value is -3.28. The van der Waals surface area contributed by atoms with E-state index in [9.17, 15) is 4.79 Å². The van der Waals surface area contributed by atoms with Crippen molar-refractivity contribution in [2.75, 3.05) is 18.5 Å². The topological polar surface area (TPSA) is 59.4 Å². The minimum Gasteiger partial charge on any atom is -0.494 e. The standard InChI is InChI=1S/C21H22N4O2/c1-2-27-18-7-5-17(6-8-18)23-21(26)25-15-14-24-13-3-4-19(24)20(25)16-9-11-22-12-10-16/h3-13,20H,2,14-15H2,1H3,(H,23,26). The first-order chi connectivity index (χ1) is 13.3.